The molecule has 0 radical (unpaired) electrons. The zero-order valence-electron chi connectivity index (χ0n) is 16.2. The van der Waals surface area contributed by atoms with Crippen LogP contribution in [0.4, 0.5) is 0 Å². The van der Waals surface area contributed by atoms with Crippen LogP contribution in [0.2, 0.25) is 5.02 Å². The second-order valence-corrected chi connectivity index (χ2v) is 7.90. The molecule has 1 heterocycles. The van der Waals surface area contributed by atoms with Crippen molar-refractivity contribution in [3.8, 4) is 17.2 Å². The fraction of sp³-hybridized carbons (Fsp3) is 0.130. The van der Waals surface area contributed by atoms with E-state index in [1.807, 2.05) is 54.6 Å². The number of hydrogen-bond donors (Lipinski definition) is 0. The molecule has 7 heteroatoms. The summed E-state index contributed by atoms with van der Waals surface area (Å²) in [7, 11) is 1.63. The predicted octanol–water partition coefficient (Wildman–Crippen LogP) is 5.22. The zero-order chi connectivity index (χ0) is 20.9. The lowest BCUT2D eigenvalue weighted by molar-refractivity contribution is 0.342. The molecular formula is C23H19ClN2O3S. The van der Waals surface area contributed by atoms with Gasteiger partial charge >= 0.3 is 0 Å². The van der Waals surface area contributed by atoms with Gasteiger partial charge in [-0.1, -0.05) is 41.6 Å². The van der Waals surface area contributed by atoms with E-state index in [0.717, 1.165) is 11.5 Å². The van der Waals surface area contributed by atoms with Crippen LogP contribution in [0.3, 0.4) is 0 Å². The van der Waals surface area contributed by atoms with Crippen LogP contribution in [0.25, 0.3) is 16.6 Å². The maximum atomic E-state index is 13.2. The summed E-state index contributed by atoms with van der Waals surface area (Å²) in [4.78, 5) is 17.9. The molecular weight excluding hydrogens is 420 g/mol. The van der Waals surface area contributed by atoms with E-state index in [1.165, 1.54) is 11.8 Å². The largest absolute Gasteiger partial charge is 0.497 e. The minimum atomic E-state index is -0.124. The molecule has 0 N–H and O–H groups in total. The minimum absolute atomic E-state index is 0.124. The van der Waals surface area contributed by atoms with Crippen LogP contribution >= 0.6 is 23.4 Å². The van der Waals surface area contributed by atoms with Crippen molar-refractivity contribution < 1.29 is 9.47 Å². The molecule has 4 aromatic rings. The van der Waals surface area contributed by atoms with Gasteiger partial charge in [0.05, 0.1) is 30.3 Å². The van der Waals surface area contributed by atoms with Crippen LogP contribution in [0.15, 0.2) is 82.7 Å². The van der Waals surface area contributed by atoms with Crippen LogP contribution in [-0.4, -0.2) is 29.0 Å². The monoisotopic (exact) mass is 438 g/mol. The van der Waals surface area contributed by atoms with Crippen molar-refractivity contribution >= 4 is 34.3 Å². The van der Waals surface area contributed by atoms with Gasteiger partial charge in [0, 0.05) is 10.8 Å². The lowest BCUT2D eigenvalue weighted by atomic mass is 10.2. The average Bonchev–Trinajstić information content (AvgIpc) is 2.77. The van der Waals surface area contributed by atoms with Crippen molar-refractivity contribution in [3.05, 3.63) is 88.2 Å². The molecule has 0 fully saturated rings. The van der Waals surface area contributed by atoms with Gasteiger partial charge in [-0.25, -0.2) is 4.98 Å². The van der Waals surface area contributed by atoms with E-state index >= 15 is 0 Å². The van der Waals surface area contributed by atoms with Crippen molar-refractivity contribution in [2.24, 2.45) is 0 Å². The molecule has 4 rings (SSSR count). The summed E-state index contributed by atoms with van der Waals surface area (Å²) in [5.41, 5.74) is 1.23. The van der Waals surface area contributed by atoms with Crippen molar-refractivity contribution in [2.45, 2.75) is 5.16 Å². The molecule has 5 nitrogen and oxygen atoms in total. The highest BCUT2D eigenvalue weighted by atomic mass is 35.5. The topological polar surface area (TPSA) is 53.4 Å². The third-order valence-corrected chi connectivity index (χ3v) is 5.59. The average molecular weight is 439 g/mol. The Bertz CT molecular complexity index is 1230. The zero-order valence-corrected chi connectivity index (χ0v) is 17.8. The Kier molecular flexibility index (Phi) is 6.26. The lowest BCUT2D eigenvalue weighted by Crippen LogP contribution is -2.22. The highest BCUT2D eigenvalue weighted by molar-refractivity contribution is 7.99. The number of hydrogen-bond acceptors (Lipinski definition) is 5. The van der Waals surface area contributed by atoms with Crippen LogP contribution < -0.4 is 15.0 Å². The molecule has 1 aromatic heterocycles. The number of benzene rings is 3. The van der Waals surface area contributed by atoms with Gasteiger partial charge < -0.3 is 9.47 Å². The molecule has 0 spiro atoms. The SMILES string of the molecule is COc1ccc(OCCSc2nc3ccccc3c(=O)n2-c2cccc(Cl)c2)cc1. The molecule has 152 valence electrons. The van der Waals surface area contributed by atoms with Crippen molar-refractivity contribution in [1.29, 1.82) is 0 Å². The molecule has 0 aliphatic carbocycles. The molecule has 0 unspecified atom stereocenters. The number of thioether (sulfide) groups is 1. The van der Waals surface area contributed by atoms with E-state index in [-0.39, 0.29) is 5.56 Å². The summed E-state index contributed by atoms with van der Waals surface area (Å²) < 4.78 is 12.6. The molecule has 0 saturated heterocycles. The molecule has 30 heavy (non-hydrogen) atoms. The summed E-state index contributed by atoms with van der Waals surface area (Å²) in [5, 5.41) is 1.72. The van der Waals surface area contributed by atoms with Gasteiger partial charge in [-0.2, -0.15) is 0 Å². The first kappa shape index (κ1) is 20.3. The third kappa shape index (κ3) is 4.45. The van der Waals surface area contributed by atoms with E-state index < -0.39 is 0 Å². The maximum absolute atomic E-state index is 13.2. The number of aromatic nitrogens is 2. The Morgan fingerprint density at radius 2 is 1.77 bits per heavy atom. The summed E-state index contributed by atoms with van der Waals surface area (Å²) in [6, 6.07) is 22.0. The van der Waals surface area contributed by atoms with Crippen LogP contribution in [-0.2, 0) is 0 Å². The number of methoxy groups -OCH3 is 1. The van der Waals surface area contributed by atoms with Gasteiger partial charge in [0.1, 0.15) is 11.5 Å². The van der Waals surface area contributed by atoms with Gasteiger partial charge in [0.25, 0.3) is 5.56 Å². The standard InChI is InChI=1S/C23H19ClN2O3S/c1-28-18-9-11-19(12-10-18)29-13-14-30-23-25-21-8-3-2-7-20(21)22(27)26(23)17-6-4-5-16(24)15-17/h2-12,15H,13-14H2,1H3. The van der Waals surface area contributed by atoms with E-state index in [2.05, 4.69) is 0 Å². The molecule has 0 aliphatic rings. The third-order valence-electron chi connectivity index (χ3n) is 4.45. The first-order valence-corrected chi connectivity index (χ1v) is 10.7. The molecule has 0 amide bonds. The number of nitrogens with zero attached hydrogens (tertiary/aromatic N) is 2. The molecule has 0 aliphatic heterocycles. The summed E-state index contributed by atoms with van der Waals surface area (Å²) in [6.45, 7) is 0.467. The van der Waals surface area contributed by atoms with E-state index in [1.54, 1.807) is 29.9 Å². The quantitative estimate of drug-likeness (QED) is 0.225. The minimum Gasteiger partial charge on any atom is -0.497 e. The fourth-order valence-corrected chi connectivity index (χ4v) is 4.03. The number of fused-ring (bicyclic) bond motifs is 1. The van der Waals surface area contributed by atoms with Crippen molar-refractivity contribution in [1.82, 2.24) is 9.55 Å². The van der Waals surface area contributed by atoms with Crippen molar-refractivity contribution in [3.63, 3.8) is 0 Å². The first-order chi connectivity index (χ1) is 14.7. The second kappa shape index (κ2) is 9.24. The number of halogens is 1. The fourth-order valence-electron chi connectivity index (χ4n) is 3.02. The molecule has 0 bridgehead atoms. The predicted molar refractivity (Wildman–Crippen MR) is 122 cm³/mol. The van der Waals surface area contributed by atoms with E-state index in [9.17, 15) is 4.79 Å². The summed E-state index contributed by atoms with van der Waals surface area (Å²) in [5.74, 6) is 2.16. The van der Waals surface area contributed by atoms with Gasteiger partial charge in [0.15, 0.2) is 5.16 Å². The highest BCUT2D eigenvalue weighted by Crippen LogP contribution is 2.23. The highest BCUT2D eigenvalue weighted by Gasteiger charge is 2.13. The number of ether oxygens (including phenoxy) is 2. The number of rotatable bonds is 7. The van der Waals surface area contributed by atoms with E-state index in [0.29, 0.717) is 39.1 Å². The van der Waals surface area contributed by atoms with Gasteiger partial charge in [-0.15, -0.1) is 0 Å². The Balaban J connectivity index is 1.59. The van der Waals surface area contributed by atoms with Crippen LogP contribution in [0, 0.1) is 0 Å². The smallest absolute Gasteiger partial charge is 0.266 e. The van der Waals surface area contributed by atoms with Crippen LogP contribution in [0.1, 0.15) is 0 Å². The Hall–Kier alpha value is -2.96. The first-order valence-electron chi connectivity index (χ1n) is 9.33. The van der Waals surface area contributed by atoms with E-state index in [4.69, 9.17) is 26.1 Å². The van der Waals surface area contributed by atoms with Gasteiger partial charge in [-0.05, 0) is 54.6 Å². The second-order valence-electron chi connectivity index (χ2n) is 6.40. The summed E-state index contributed by atoms with van der Waals surface area (Å²) in [6.07, 6.45) is 0. The summed E-state index contributed by atoms with van der Waals surface area (Å²) >= 11 is 7.63. The van der Waals surface area contributed by atoms with Gasteiger partial charge in [0.2, 0.25) is 0 Å². The molecule has 0 saturated carbocycles. The Morgan fingerprint density at radius 3 is 2.53 bits per heavy atom. The Labute approximate surface area is 183 Å². The maximum Gasteiger partial charge on any atom is 0.266 e. The lowest BCUT2D eigenvalue weighted by Gasteiger charge is -2.14. The van der Waals surface area contributed by atoms with Crippen LogP contribution in [0.5, 0.6) is 11.5 Å². The molecule has 0 atom stereocenters. The number of para-hydroxylation sites is 1. The normalized spacial score (nSPS) is 10.9. The van der Waals surface area contributed by atoms with Crippen molar-refractivity contribution in [2.75, 3.05) is 19.5 Å². The molecule has 3 aromatic carbocycles. The van der Waals surface area contributed by atoms with Gasteiger partial charge in [-0.3, -0.25) is 9.36 Å². The Morgan fingerprint density at radius 1 is 1.00 bits per heavy atom.